The molecule has 2 aromatic heterocycles. The van der Waals surface area contributed by atoms with E-state index in [0.29, 0.717) is 29.9 Å². The fraction of sp³-hybridized carbons (Fsp3) is 0.429. The van der Waals surface area contributed by atoms with Crippen molar-refractivity contribution in [1.29, 1.82) is 0 Å². The molecule has 0 aromatic carbocycles. The van der Waals surface area contributed by atoms with E-state index >= 15 is 0 Å². The maximum atomic E-state index is 12.9. The number of hydrogen-bond donors (Lipinski definition) is 3. The molecule has 10 nitrogen and oxygen atoms in total. The summed E-state index contributed by atoms with van der Waals surface area (Å²) in [6.07, 6.45) is 1.37. The van der Waals surface area contributed by atoms with Crippen molar-refractivity contribution in [1.82, 2.24) is 15.0 Å². The molecule has 0 saturated carbocycles. The van der Waals surface area contributed by atoms with Gasteiger partial charge in [0.1, 0.15) is 25.1 Å². The highest BCUT2D eigenvalue weighted by molar-refractivity contribution is 6.09. The van der Waals surface area contributed by atoms with Crippen molar-refractivity contribution in [2.45, 2.75) is 33.0 Å². The van der Waals surface area contributed by atoms with Crippen LogP contribution >= 0.6 is 0 Å². The Kier molecular flexibility index (Phi) is 10.3. The summed E-state index contributed by atoms with van der Waals surface area (Å²) in [5.74, 6) is 0.0955. The zero-order valence-corrected chi connectivity index (χ0v) is 19.2. The summed E-state index contributed by atoms with van der Waals surface area (Å²) in [5, 5.41) is 5.35. The van der Waals surface area contributed by atoms with Crippen LogP contribution in [0.2, 0.25) is 0 Å². The molecule has 13 heteroatoms. The largest absolute Gasteiger partial charge is 0.405 e. The lowest BCUT2D eigenvalue weighted by atomic mass is 10.1. The first-order chi connectivity index (χ1) is 16.3. The van der Waals surface area contributed by atoms with Crippen molar-refractivity contribution < 1.29 is 17.9 Å². The SMILES string of the molecule is C/C=C(\C=NCOCC)c1ccc2nc(N[C@H](C)CN=CN=CN)nc(NCC(F)(F)F)c2n1. The molecule has 2 rings (SSSR count). The molecule has 0 unspecified atom stereocenters. The third-order valence-corrected chi connectivity index (χ3v) is 4.19. The maximum Gasteiger partial charge on any atom is 0.405 e. The van der Waals surface area contributed by atoms with E-state index in [2.05, 4.69) is 40.6 Å². The second kappa shape index (κ2) is 13.2. The lowest BCUT2D eigenvalue weighted by Crippen LogP contribution is -2.24. The van der Waals surface area contributed by atoms with E-state index in [9.17, 15) is 13.2 Å². The van der Waals surface area contributed by atoms with Gasteiger partial charge < -0.3 is 21.1 Å². The molecule has 2 heterocycles. The van der Waals surface area contributed by atoms with Gasteiger partial charge in [-0.25, -0.2) is 15.0 Å². The molecule has 0 saturated heterocycles. The van der Waals surface area contributed by atoms with Crippen LogP contribution in [0.3, 0.4) is 0 Å². The fourth-order valence-corrected chi connectivity index (χ4v) is 2.67. The van der Waals surface area contributed by atoms with Gasteiger partial charge in [-0.3, -0.25) is 9.98 Å². The number of aliphatic imine (C=N–C) groups is 3. The van der Waals surface area contributed by atoms with Crippen molar-refractivity contribution in [3.63, 3.8) is 0 Å². The lowest BCUT2D eigenvalue weighted by molar-refractivity contribution is -0.115. The normalized spacial score (nSPS) is 14.0. The Morgan fingerprint density at radius 3 is 2.71 bits per heavy atom. The summed E-state index contributed by atoms with van der Waals surface area (Å²) in [4.78, 5) is 25.0. The smallest absolute Gasteiger partial charge is 0.390 e. The molecule has 0 aliphatic carbocycles. The van der Waals surface area contributed by atoms with Gasteiger partial charge in [0.25, 0.3) is 0 Å². The van der Waals surface area contributed by atoms with E-state index in [-0.39, 0.29) is 30.1 Å². The molecule has 0 bridgehead atoms. The highest BCUT2D eigenvalue weighted by atomic mass is 19.4. The molecule has 0 radical (unpaired) electrons. The van der Waals surface area contributed by atoms with Gasteiger partial charge in [0.05, 0.1) is 24.1 Å². The zero-order valence-electron chi connectivity index (χ0n) is 19.2. The highest BCUT2D eigenvalue weighted by Crippen LogP contribution is 2.25. The Labute approximate surface area is 195 Å². The van der Waals surface area contributed by atoms with Crippen LogP contribution in [0.5, 0.6) is 0 Å². The molecule has 34 heavy (non-hydrogen) atoms. The van der Waals surface area contributed by atoms with Crippen LogP contribution in [0, 0.1) is 0 Å². The minimum Gasteiger partial charge on any atom is -0.390 e. The third kappa shape index (κ3) is 8.73. The number of pyridine rings is 1. The summed E-state index contributed by atoms with van der Waals surface area (Å²) in [5.41, 5.74) is 6.91. The Bertz CT molecular complexity index is 1050. The fourth-order valence-electron chi connectivity index (χ4n) is 2.67. The summed E-state index contributed by atoms with van der Waals surface area (Å²) >= 11 is 0. The highest BCUT2D eigenvalue weighted by Gasteiger charge is 2.27. The Morgan fingerprint density at radius 1 is 1.24 bits per heavy atom. The van der Waals surface area contributed by atoms with Gasteiger partial charge in [-0.1, -0.05) is 6.08 Å². The Morgan fingerprint density at radius 2 is 2.03 bits per heavy atom. The average Bonchev–Trinajstić information content (AvgIpc) is 2.80. The number of aromatic nitrogens is 3. The number of halogens is 3. The molecule has 4 N–H and O–H groups in total. The summed E-state index contributed by atoms with van der Waals surface area (Å²) < 4.78 is 43.9. The number of rotatable bonds is 12. The number of nitrogens with zero attached hydrogens (tertiary/aromatic N) is 6. The van der Waals surface area contributed by atoms with Crippen molar-refractivity contribution in [2.75, 3.05) is 37.1 Å². The molecule has 1 atom stereocenters. The number of alkyl halides is 3. The van der Waals surface area contributed by atoms with Crippen LogP contribution < -0.4 is 16.4 Å². The molecular weight excluding hydrogens is 451 g/mol. The van der Waals surface area contributed by atoms with Crippen LogP contribution in [-0.2, 0) is 4.74 Å². The standard InChI is InChI=1S/C21H28F3N9O/c1-4-15(9-27-13-34-5-2)16-6-7-17-18(31-16)19(29-10-21(22,23)24)33-20(32-17)30-14(3)8-26-12-28-11-25/h4,6-7,9,11-12,14H,5,8,10,13H2,1-3H3,(H2,25,26,28)(H2,29,30,32,33)/b15-4+,27-9?/t14-/m1/s1. The van der Waals surface area contributed by atoms with Crippen molar-refractivity contribution >= 4 is 47.3 Å². The van der Waals surface area contributed by atoms with Gasteiger partial charge in [-0.2, -0.15) is 18.2 Å². The summed E-state index contributed by atoms with van der Waals surface area (Å²) in [7, 11) is 0. The minimum absolute atomic E-state index is 0.0446. The van der Waals surface area contributed by atoms with Gasteiger partial charge in [0, 0.05) is 24.4 Å². The molecule has 0 aliphatic heterocycles. The minimum atomic E-state index is -4.44. The van der Waals surface area contributed by atoms with Crippen LogP contribution in [0.25, 0.3) is 16.6 Å². The van der Waals surface area contributed by atoms with E-state index in [4.69, 9.17) is 10.5 Å². The number of ether oxygens (including phenoxy) is 1. The maximum absolute atomic E-state index is 12.9. The van der Waals surface area contributed by atoms with Crippen molar-refractivity contribution in [3.05, 3.63) is 23.9 Å². The number of anilines is 2. The zero-order chi connectivity index (χ0) is 25.0. The van der Waals surface area contributed by atoms with Crippen LogP contribution in [0.1, 0.15) is 26.5 Å². The number of hydrogen-bond acceptors (Lipinski definition) is 8. The van der Waals surface area contributed by atoms with E-state index < -0.39 is 12.7 Å². The van der Waals surface area contributed by atoms with Gasteiger partial charge in [0.2, 0.25) is 5.95 Å². The number of fused-ring (bicyclic) bond motifs is 1. The van der Waals surface area contributed by atoms with Crippen LogP contribution in [-0.4, -0.2) is 72.5 Å². The molecule has 184 valence electrons. The molecule has 0 spiro atoms. The average molecular weight is 480 g/mol. The predicted octanol–water partition coefficient (Wildman–Crippen LogP) is 3.28. The molecule has 2 aromatic rings. The molecule has 0 fully saturated rings. The van der Waals surface area contributed by atoms with Crippen LogP contribution in [0.4, 0.5) is 24.9 Å². The second-order valence-electron chi connectivity index (χ2n) is 6.93. The van der Waals surface area contributed by atoms with Gasteiger partial charge in [-0.15, -0.1) is 0 Å². The first-order valence-electron chi connectivity index (χ1n) is 10.5. The van der Waals surface area contributed by atoms with E-state index in [1.807, 2.05) is 20.8 Å². The summed E-state index contributed by atoms with van der Waals surface area (Å²) in [6.45, 7) is 5.27. The van der Waals surface area contributed by atoms with Gasteiger partial charge >= 0.3 is 6.18 Å². The first kappa shape index (κ1) is 26.6. The Hall–Kier alpha value is -3.61. The quantitative estimate of drug-likeness (QED) is 0.241. The molecule has 0 amide bonds. The Balaban J connectivity index is 2.38. The van der Waals surface area contributed by atoms with Crippen LogP contribution in [0.15, 0.2) is 33.2 Å². The monoisotopic (exact) mass is 479 g/mol. The third-order valence-electron chi connectivity index (χ3n) is 4.19. The summed E-state index contributed by atoms with van der Waals surface area (Å²) in [6, 6.07) is 3.16. The second-order valence-corrected chi connectivity index (χ2v) is 6.93. The molecular formula is C21H28F3N9O. The number of allylic oxidation sites excluding steroid dienone is 2. The molecule has 0 aliphatic rings. The predicted molar refractivity (Wildman–Crippen MR) is 130 cm³/mol. The van der Waals surface area contributed by atoms with E-state index in [1.54, 1.807) is 24.4 Å². The topological polar surface area (TPSA) is 135 Å². The van der Waals surface area contributed by atoms with Crippen molar-refractivity contribution in [2.24, 2.45) is 20.7 Å². The van der Waals surface area contributed by atoms with Gasteiger partial charge in [-0.05, 0) is 32.9 Å². The lowest BCUT2D eigenvalue weighted by Gasteiger charge is -2.15. The van der Waals surface area contributed by atoms with Crippen molar-refractivity contribution in [3.8, 4) is 0 Å². The number of nitrogens with one attached hydrogen (secondary N) is 2. The number of nitrogens with two attached hydrogens (primary N) is 1. The van der Waals surface area contributed by atoms with E-state index in [0.717, 1.165) is 6.34 Å². The van der Waals surface area contributed by atoms with E-state index in [1.165, 1.54) is 6.34 Å². The van der Waals surface area contributed by atoms with Gasteiger partial charge in [0.15, 0.2) is 5.82 Å². The first-order valence-corrected chi connectivity index (χ1v) is 10.5.